The molecule has 3 heteroatoms. The van der Waals surface area contributed by atoms with E-state index in [1.807, 2.05) is 0 Å². The molecule has 0 radical (unpaired) electrons. The van der Waals surface area contributed by atoms with E-state index in [0.29, 0.717) is 15.1 Å². The summed E-state index contributed by atoms with van der Waals surface area (Å²) in [6.07, 6.45) is 34.7. The van der Waals surface area contributed by atoms with Crippen molar-refractivity contribution in [2.24, 2.45) is 10.8 Å². The van der Waals surface area contributed by atoms with Gasteiger partial charge in [0.15, 0.2) is 0 Å². The predicted molar refractivity (Wildman–Crippen MR) is 267 cm³/mol. The van der Waals surface area contributed by atoms with Crippen LogP contribution in [0.25, 0.3) is 0 Å². The minimum atomic E-state index is -2.20. The van der Waals surface area contributed by atoms with Gasteiger partial charge in [0.25, 0.3) is 0 Å². The van der Waals surface area contributed by atoms with Crippen molar-refractivity contribution in [1.82, 2.24) is 0 Å². The molecule has 0 aliphatic heterocycles. The Kier molecular flexibility index (Phi) is 26.4. The monoisotopic (exact) mass is 821 g/mol. The van der Waals surface area contributed by atoms with Gasteiger partial charge in [-0.3, -0.25) is 0 Å². The van der Waals surface area contributed by atoms with E-state index in [-0.39, 0.29) is 10.8 Å². The molecule has 0 aromatic rings. The van der Waals surface area contributed by atoms with Crippen LogP contribution in [0, 0.1) is 10.8 Å². The molecule has 0 aliphatic carbocycles. The van der Waals surface area contributed by atoms with Crippen LogP contribution in [-0.4, -0.2) is 22.3 Å². The fourth-order valence-corrected chi connectivity index (χ4v) is 87.8. The van der Waals surface area contributed by atoms with Gasteiger partial charge in [-0.2, -0.15) is 0 Å². The smallest absolute Gasteiger partial charge is 0.0549 e. The largest absolute Gasteiger partial charge is 0.0654 e. The van der Waals surface area contributed by atoms with Crippen molar-refractivity contribution >= 4 is 22.3 Å². The quantitative estimate of drug-likeness (QED) is 0.0468. The van der Waals surface area contributed by atoms with Crippen LogP contribution in [0.3, 0.4) is 0 Å². The molecule has 0 saturated carbocycles. The summed E-state index contributed by atoms with van der Waals surface area (Å²) in [6.45, 7) is 49.3. The van der Waals surface area contributed by atoms with Crippen molar-refractivity contribution in [2.45, 2.75) is 324 Å². The van der Waals surface area contributed by atoms with Gasteiger partial charge in [0.1, 0.15) is 0 Å². The Bertz CT molecular complexity index is 865. The minimum Gasteiger partial charge on any atom is -0.0654 e. The van der Waals surface area contributed by atoms with Crippen LogP contribution in [0.1, 0.15) is 279 Å². The minimum absolute atomic E-state index is 0.280. The molecular formula is C52H112Si3. The first-order valence-corrected chi connectivity index (χ1v) is 34.6. The SMILES string of the molecule is CCCCCC[Si](CCCCCC)(CCCCCC)[Si](C(C)(C)C)(C(C)(C)C)[Si](CCCCCC)(CCCCCC)C(CCCCC)(C(C)(C)C)C(C)(C)C. The number of hydrogen-bond acceptors (Lipinski definition) is 0. The van der Waals surface area contributed by atoms with Gasteiger partial charge < -0.3 is 0 Å². The summed E-state index contributed by atoms with van der Waals surface area (Å²) in [5.41, 5.74) is 0.560. The molecular weight excluding hydrogens is 709 g/mol. The molecule has 0 aliphatic rings. The van der Waals surface area contributed by atoms with E-state index in [1.54, 1.807) is 30.2 Å². The zero-order chi connectivity index (χ0) is 42.5. The summed E-state index contributed by atoms with van der Waals surface area (Å²) in [5.74, 6) is 0. The average Bonchev–Trinajstić information content (AvgIpc) is 3.07. The van der Waals surface area contributed by atoms with Gasteiger partial charge in [-0.15, -0.1) is 0 Å². The lowest BCUT2D eigenvalue weighted by atomic mass is 9.63. The van der Waals surface area contributed by atoms with E-state index >= 15 is 0 Å². The van der Waals surface area contributed by atoms with E-state index in [0.717, 1.165) is 0 Å². The maximum absolute atomic E-state index is 2.94. The third-order valence-corrected chi connectivity index (χ3v) is 65.2. The van der Waals surface area contributed by atoms with Gasteiger partial charge >= 0.3 is 0 Å². The highest BCUT2D eigenvalue weighted by molar-refractivity contribution is 7.72. The Labute approximate surface area is 355 Å². The Morgan fingerprint density at radius 1 is 0.291 bits per heavy atom. The normalized spacial score (nSPS) is 14.3. The van der Waals surface area contributed by atoms with Gasteiger partial charge in [0.2, 0.25) is 0 Å². The van der Waals surface area contributed by atoms with E-state index in [1.165, 1.54) is 154 Å². The molecule has 0 heterocycles. The van der Waals surface area contributed by atoms with Crippen molar-refractivity contribution < 1.29 is 0 Å². The van der Waals surface area contributed by atoms with Crippen LogP contribution in [-0.2, 0) is 0 Å². The summed E-state index contributed by atoms with van der Waals surface area (Å²) in [6, 6.07) is 8.31. The van der Waals surface area contributed by atoms with Gasteiger partial charge in [-0.05, 0) is 32.4 Å². The third kappa shape index (κ3) is 13.8. The van der Waals surface area contributed by atoms with Crippen LogP contribution in [0.5, 0.6) is 0 Å². The van der Waals surface area contributed by atoms with E-state index in [2.05, 4.69) is 125 Å². The van der Waals surface area contributed by atoms with Crippen LogP contribution >= 0.6 is 0 Å². The second kappa shape index (κ2) is 26.1. The first kappa shape index (κ1) is 55.7. The second-order valence-corrected chi connectivity index (χ2v) is 48.2. The fraction of sp³-hybridized carbons (Fsp3) is 1.00. The molecule has 0 spiro atoms. The van der Waals surface area contributed by atoms with Crippen molar-refractivity contribution in [3.8, 4) is 0 Å². The van der Waals surface area contributed by atoms with Gasteiger partial charge in [0.05, 0.1) is 14.7 Å². The predicted octanol–water partition coefficient (Wildman–Crippen LogP) is 20.4. The van der Waals surface area contributed by atoms with Gasteiger partial charge in [-0.1, -0.05) is 303 Å². The van der Waals surface area contributed by atoms with Crippen LogP contribution in [0.2, 0.25) is 45.3 Å². The topological polar surface area (TPSA) is 0 Å². The summed E-state index contributed by atoms with van der Waals surface area (Å²) in [4.78, 5) is 0. The lowest BCUT2D eigenvalue weighted by Crippen LogP contribution is -2.89. The lowest BCUT2D eigenvalue weighted by Gasteiger charge is -2.78. The molecule has 0 bridgehead atoms. The molecule has 0 nitrogen and oxygen atoms in total. The Hall–Kier alpha value is 0.651. The fourth-order valence-electron chi connectivity index (χ4n) is 15.4. The summed E-state index contributed by atoms with van der Waals surface area (Å²) in [5, 5.41) is 1.19. The van der Waals surface area contributed by atoms with Crippen LogP contribution in [0.4, 0.5) is 0 Å². The molecule has 0 unspecified atom stereocenters. The van der Waals surface area contributed by atoms with Crippen LogP contribution in [0.15, 0.2) is 0 Å². The van der Waals surface area contributed by atoms with Crippen molar-refractivity contribution in [2.75, 3.05) is 0 Å². The third-order valence-electron chi connectivity index (χ3n) is 15.7. The van der Waals surface area contributed by atoms with Crippen LogP contribution < -0.4 is 0 Å². The first-order chi connectivity index (χ1) is 25.6. The molecule has 0 N–H and O–H groups in total. The maximum Gasteiger partial charge on any atom is 0.0549 e. The van der Waals surface area contributed by atoms with Gasteiger partial charge in [-0.25, -0.2) is 0 Å². The molecule has 332 valence electrons. The molecule has 0 saturated heterocycles. The molecule has 0 rings (SSSR count). The average molecular weight is 822 g/mol. The summed E-state index contributed by atoms with van der Waals surface area (Å²) >= 11 is 0. The highest BCUT2D eigenvalue weighted by Gasteiger charge is 2.79. The Balaban J connectivity index is 9.46. The second-order valence-electron chi connectivity index (χ2n) is 23.5. The maximum atomic E-state index is 2.94. The Morgan fingerprint density at radius 2 is 0.545 bits per heavy atom. The first-order valence-electron chi connectivity index (χ1n) is 25.6. The van der Waals surface area contributed by atoms with Crippen molar-refractivity contribution in [3.63, 3.8) is 0 Å². The molecule has 0 aromatic carbocycles. The number of rotatable bonds is 32. The highest BCUT2D eigenvalue weighted by Crippen LogP contribution is 2.77. The standard InChI is InChI=1S/C52H112Si3/c1-19-25-31-37-43-53(44-38-32-26-20-2,45-39-33-27-21-3)55(50(13,14)15,51(16,17)18)54(46-40-34-28-22-4,47-41-35-29-23-5)52(48(7,8)9,49(10,11)12)42-36-30-24-6/h19-47H2,1-18H3. The molecule has 0 amide bonds. The number of hydrogen-bond donors (Lipinski definition) is 0. The van der Waals surface area contributed by atoms with E-state index in [4.69, 9.17) is 0 Å². The molecule has 0 fully saturated rings. The summed E-state index contributed by atoms with van der Waals surface area (Å²) < 4.78 is 0. The van der Waals surface area contributed by atoms with Crippen molar-refractivity contribution in [3.05, 3.63) is 0 Å². The number of unbranched alkanes of at least 4 members (excludes halogenated alkanes) is 17. The zero-order valence-corrected chi connectivity index (χ0v) is 45.5. The van der Waals surface area contributed by atoms with Crippen molar-refractivity contribution in [1.29, 1.82) is 0 Å². The summed E-state index contributed by atoms with van der Waals surface area (Å²) in [7, 11) is -6.27. The van der Waals surface area contributed by atoms with Gasteiger partial charge in [0, 0.05) is 7.59 Å². The molecule has 0 atom stereocenters. The van der Waals surface area contributed by atoms with E-state index in [9.17, 15) is 0 Å². The Morgan fingerprint density at radius 3 is 0.782 bits per heavy atom. The molecule has 55 heavy (non-hydrogen) atoms. The van der Waals surface area contributed by atoms with E-state index < -0.39 is 22.3 Å². The highest BCUT2D eigenvalue weighted by atomic mass is 29.6. The zero-order valence-electron chi connectivity index (χ0n) is 42.5. The molecule has 0 aromatic heterocycles. The lowest BCUT2D eigenvalue weighted by molar-refractivity contribution is 0.0989.